The Balaban J connectivity index is 2.93. The highest BCUT2D eigenvalue weighted by Crippen LogP contribution is 2.17. The lowest BCUT2D eigenvalue weighted by Crippen LogP contribution is -2.41. The molecule has 0 radical (unpaired) electrons. The maximum absolute atomic E-state index is 11.8. The standard InChI is InChI=1S/C9H9N3O7/c10-6(13)3-11(4-8(14)15)9(16)5-1-2-7(19-5)12(17)18/h1-2H,3-4H2,(H2,10,13)(H,14,15). The van der Waals surface area contributed by atoms with Gasteiger partial charge in [0.1, 0.15) is 18.0 Å². The van der Waals surface area contributed by atoms with Crippen LogP contribution in [0.4, 0.5) is 5.88 Å². The summed E-state index contributed by atoms with van der Waals surface area (Å²) in [6.07, 6.45) is 0. The van der Waals surface area contributed by atoms with E-state index < -0.39 is 47.4 Å². The molecule has 0 spiro atoms. The molecule has 0 fully saturated rings. The van der Waals surface area contributed by atoms with E-state index in [2.05, 4.69) is 4.42 Å². The van der Waals surface area contributed by atoms with Crippen LogP contribution in [0.3, 0.4) is 0 Å². The fourth-order valence-corrected chi connectivity index (χ4v) is 1.25. The molecule has 0 atom stereocenters. The summed E-state index contributed by atoms with van der Waals surface area (Å²) >= 11 is 0. The molecule has 19 heavy (non-hydrogen) atoms. The molecule has 3 N–H and O–H groups in total. The van der Waals surface area contributed by atoms with Crippen LogP contribution < -0.4 is 5.73 Å². The highest BCUT2D eigenvalue weighted by Gasteiger charge is 2.25. The van der Waals surface area contributed by atoms with Gasteiger partial charge in [-0.15, -0.1) is 0 Å². The molecule has 0 bridgehead atoms. The SMILES string of the molecule is NC(=O)CN(CC(=O)O)C(=O)c1ccc([N+](=O)[O-])o1. The quantitative estimate of drug-likeness (QED) is 0.506. The second-order valence-electron chi connectivity index (χ2n) is 3.42. The van der Waals surface area contributed by atoms with E-state index in [0.29, 0.717) is 4.90 Å². The Morgan fingerprint density at radius 1 is 1.37 bits per heavy atom. The molecule has 0 saturated carbocycles. The highest BCUT2D eigenvalue weighted by atomic mass is 16.6. The van der Waals surface area contributed by atoms with Crippen molar-refractivity contribution in [2.75, 3.05) is 13.1 Å². The van der Waals surface area contributed by atoms with Crippen LogP contribution in [-0.2, 0) is 9.59 Å². The monoisotopic (exact) mass is 271 g/mol. The molecule has 1 aromatic heterocycles. The number of carboxylic acid groups (broad SMARTS) is 1. The molecule has 0 aliphatic heterocycles. The van der Waals surface area contributed by atoms with Crippen LogP contribution >= 0.6 is 0 Å². The summed E-state index contributed by atoms with van der Waals surface area (Å²) in [5.41, 5.74) is 4.87. The summed E-state index contributed by atoms with van der Waals surface area (Å²) in [6.45, 7) is -1.42. The third-order valence-corrected chi connectivity index (χ3v) is 1.94. The number of nitro groups is 1. The van der Waals surface area contributed by atoms with Crippen LogP contribution in [0.25, 0.3) is 0 Å². The Kier molecular flexibility index (Phi) is 4.19. The molecule has 0 aromatic carbocycles. The minimum Gasteiger partial charge on any atom is -0.480 e. The zero-order chi connectivity index (χ0) is 14.6. The van der Waals surface area contributed by atoms with E-state index in [4.69, 9.17) is 10.8 Å². The van der Waals surface area contributed by atoms with Crippen molar-refractivity contribution in [2.45, 2.75) is 0 Å². The van der Waals surface area contributed by atoms with Crippen molar-refractivity contribution in [1.29, 1.82) is 0 Å². The first-order valence-corrected chi connectivity index (χ1v) is 4.85. The highest BCUT2D eigenvalue weighted by molar-refractivity contribution is 5.96. The van der Waals surface area contributed by atoms with E-state index in [9.17, 15) is 24.5 Å². The molecule has 2 amide bonds. The lowest BCUT2D eigenvalue weighted by atomic mass is 10.3. The van der Waals surface area contributed by atoms with Gasteiger partial charge in [-0.3, -0.25) is 24.5 Å². The molecule has 0 saturated heterocycles. The molecule has 1 heterocycles. The van der Waals surface area contributed by atoms with E-state index >= 15 is 0 Å². The number of carbonyl (C=O) groups is 3. The number of rotatable bonds is 6. The predicted octanol–water partition coefficient (Wildman–Crippen LogP) is -0.800. The topological polar surface area (TPSA) is 157 Å². The number of primary amides is 1. The van der Waals surface area contributed by atoms with Gasteiger partial charge in [-0.2, -0.15) is 0 Å². The minimum absolute atomic E-state index is 0.450. The number of hydrogen-bond donors (Lipinski definition) is 2. The first kappa shape index (κ1) is 14.2. The number of carbonyl (C=O) groups excluding carboxylic acids is 2. The molecular weight excluding hydrogens is 262 g/mol. The number of nitrogens with two attached hydrogens (primary N) is 1. The average molecular weight is 271 g/mol. The second kappa shape index (κ2) is 5.62. The Morgan fingerprint density at radius 3 is 2.42 bits per heavy atom. The lowest BCUT2D eigenvalue weighted by molar-refractivity contribution is -0.402. The van der Waals surface area contributed by atoms with Crippen LogP contribution in [0.5, 0.6) is 0 Å². The number of nitrogens with zero attached hydrogens (tertiary/aromatic N) is 2. The molecule has 0 aliphatic rings. The zero-order valence-corrected chi connectivity index (χ0v) is 9.44. The van der Waals surface area contributed by atoms with Crippen LogP contribution in [0, 0.1) is 10.1 Å². The average Bonchev–Trinajstić information content (AvgIpc) is 2.75. The molecule has 10 nitrogen and oxygen atoms in total. The van der Waals surface area contributed by atoms with Gasteiger partial charge < -0.3 is 20.2 Å². The van der Waals surface area contributed by atoms with Gasteiger partial charge in [0, 0.05) is 0 Å². The van der Waals surface area contributed by atoms with Gasteiger partial charge in [-0.25, -0.2) is 0 Å². The zero-order valence-electron chi connectivity index (χ0n) is 9.44. The van der Waals surface area contributed by atoms with E-state index in [-0.39, 0.29) is 0 Å². The van der Waals surface area contributed by atoms with Crippen LogP contribution in [0.1, 0.15) is 10.6 Å². The van der Waals surface area contributed by atoms with Crippen molar-refractivity contribution in [1.82, 2.24) is 4.90 Å². The van der Waals surface area contributed by atoms with Crippen molar-refractivity contribution in [3.05, 3.63) is 28.0 Å². The molecular formula is C9H9N3O7. The first-order valence-electron chi connectivity index (χ1n) is 4.85. The maximum Gasteiger partial charge on any atom is 0.433 e. The van der Waals surface area contributed by atoms with Gasteiger partial charge in [0.05, 0.1) is 6.07 Å². The lowest BCUT2D eigenvalue weighted by Gasteiger charge is -2.16. The normalized spacial score (nSPS) is 9.89. The first-order chi connectivity index (χ1) is 8.81. The number of furan rings is 1. The third-order valence-electron chi connectivity index (χ3n) is 1.94. The fourth-order valence-electron chi connectivity index (χ4n) is 1.25. The van der Waals surface area contributed by atoms with Crippen molar-refractivity contribution >= 4 is 23.7 Å². The van der Waals surface area contributed by atoms with Crippen LogP contribution in [-0.4, -0.2) is 45.8 Å². The van der Waals surface area contributed by atoms with E-state index in [1.54, 1.807) is 0 Å². The number of hydrogen-bond acceptors (Lipinski definition) is 6. The molecule has 1 aromatic rings. The smallest absolute Gasteiger partial charge is 0.433 e. The van der Waals surface area contributed by atoms with Gasteiger partial charge in [-0.1, -0.05) is 0 Å². The van der Waals surface area contributed by atoms with Crippen molar-refractivity contribution in [3.8, 4) is 0 Å². The van der Waals surface area contributed by atoms with Crippen molar-refractivity contribution < 1.29 is 28.8 Å². The predicted molar refractivity (Wildman–Crippen MR) is 58.1 cm³/mol. The molecule has 0 unspecified atom stereocenters. The number of carboxylic acids is 1. The Morgan fingerprint density at radius 2 is 2.00 bits per heavy atom. The van der Waals surface area contributed by atoms with Crippen molar-refractivity contribution in [3.63, 3.8) is 0 Å². The van der Waals surface area contributed by atoms with E-state index in [0.717, 1.165) is 12.1 Å². The van der Waals surface area contributed by atoms with Crippen LogP contribution in [0.15, 0.2) is 16.5 Å². The van der Waals surface area contributed by atoms with Crippen molar-refractivity contribution in [2.24, 2.45) is 5.73 Å². The van der Waals surface area contributed by atoms with Gasteiger partial charge in [-0.05, 0) is 6.07 Å². The van der Waals surface area contributed by atoms with Crippen LogP contribution in [0.2, 0.25) is 0 Å². The number of amides is 2. The Labute approximate surface area is 105 Å². The summed E-state index contributed by atoms with van der Waals surface area (Å²) in [5.74, 6) is -4.38. The number of aliphatic carboxylic acids is 1. The Hall–Kier alpha value is -2.91. The third kappa shape index (κ3) is 3.80. The summed E-state index contributed by atoms with van der Waals surface area (Å²) in [5, 5.41) is 19.0. The molecule has 102 valence electrons. The second-order valence-corrected chi connectivity index (χ2v) is 3.42. The van der Waals surface area contributed by atoms with Gasteiger partial charge in [0.2, 0.25) is 5.91 Å². The maximum atomic E-state index is 11.8. The van der Waals surface area contributed by atoms with E-state index in [1.165, 1.54) is 0 Å². The van der Waals surface area contributed by atoms with Gasteiger partial charge in [0.25, 0.3) is 5.91 Å². The Bertz CT molecular complexity index is 520. The summed E-state index contributed by atoms with van der Waals surface area (Å²) in [4.78, 5) is 43.2. The van der Waals surface area contributed by atoms with E-state index in [1.807, 2.05) is 0 Å². The molecule has 0 aliphatic carbocycles. The molecule has 1 rings (SSSR count). The molecule has 10 heteroatoms. The minimum atomic E-state index is -1.37. The summed E-state index contributed by atoms with van der Waals surface area (Å²) < 4.78 is 4.62. The summed E-state index contributed by atoms with van der Waals surface area (Å²) in [6, 6.07) is 1.95. The van der Waals surface area contributed by atoms with Gasteiger partial charge >= 0.3 is 11.9 Å². The largest absolute Gasteiger partial charge is 0.480 e. The van der Waals surface area contributed by atoms with Gasteiger partial charge in [0.15, 0.2) is 5.76 Å². The summed E-state index contributed by atoms with van der Waals surface area (Å²) in [7, 11) is 0. The fraction of sp³-hybridized carbons (Fsp3) is 0.222.